The highest BCUT2D eigenvalue weighted by molar-refractivity contribution is 6.33. The van der Waals surface area contributed by atoms with Crippen LogP contribution in [0.2, 0.25) is 5.02 Å². The first-order valence-corrected chi connectivity index (χ1v) is 14.6. The van der Waals surface area contributed by atoms with Gasteiger partial charge < -0.3 is 29.4 Å². The highest BCUT2D eigenvalue weighted by Crippen LogP contribution is 2.38. The summed E-state index contributed by atoms with van der Waals surface area (Å²) < 4.78 is 55.1. The smallest absolute Gasteiger partial charge is 0.272 e. The van der Waals surface area contributed by atoms with Gasteiger partial charge in [-0.2, -0.15) is 0 Å². The second-order valence-corrected chi connectivity index (χ2v) is 11.8. The molecule has 3 saturated heterocycles. The van der Waals surface area contributed by atoms with E-state index in [-0.39, 0.29) is 40.6 Å². The van der Waals surface area contributed by atoms with Gasteiger partial charge in [-0.1, -0.05) is 11.6 Å². The molecule has 2 unspecified atom stereocenters. The van der Waals surface area contributed by atoms with Crippen LogP contribution in [0.3, 0.4) is 0 Å². The third-order valence-corrected chi connectivity index (χ3v) is 8.38. The number of piperidine rings is 1. The molecule has 0 radical (unpaired) electrons. The average molecular weight is 619 g/mol. The van der Waals surface area contributed by atoms with Crippen molar-refractivity contribution in [2.75, 3.05) is 29.9 Å². The van der Waals surface area contributed by atoms with Crippen molar-refractivity contribution in [3.8, 4) is 17.1 Å². The molecule has 0 amide bonds. The Labute approximate surface area is 249 Å². The highest BCUT2D eigenvalue weighted by Gasteiger charge is 2.40. The number of hydrogen-bond acceptors (Lipinski definition) is 9. The van der Waals surface area contributed by atoms with Crippen molar-refractivity contribution < 1.29 is 27.8 Å². The van der Waals surface area contributed by atoms with Crippen molar-refractivity contribution in [1.29, 1.82) is 0 Å². The molecule has 4 atom stereocenters. The molecule has 0 aliphatic carbocycles. The van der Waals surface area contributed by atoms with Crippen molar-refractivity contribution in [1.82, 2.24) is 29.3 Å². The first-order valence-electron chi connectivity index (χ1n) is 14.2. The van der Waals surface area contributed by atoms with Crippen LogP contribution in [0.5, 0.6) is 5.88 Å². The van der Waals surface area contributed by atoms with Gasteiger partial charge in [0, 0.05) is 43.7 Å². The number of benzene rings is 1. The van der Waals surface area contributed by atoms with E-state index in [9.17, 15) is 13.9 Å². The Morgan fingerprint density at radius 2 is 1.95 bits per heavy atom. The van der Waals surface area contributed by atoms with Crippen LogP contribution >= 0.6 is 11.6 Å². The number of morpholine rings is 1. The number of imidazole rings is 1. The topological polar surface area (TPSA) is 115 Å². The molecule has 4 aliphatic rings. The third-order valence-electron chi connectivity index (χ3n) is 8.10. The summed E-state index contributed by atoms with van der Waals surface area (Å²) in [5.41, 5.74) is 2.11. The number of aliphatic hydroxyl groups is 1. The lowest BCUT2D eigenvalue weighted by atomic mass is 9.99. The Hall–Kier alpha value is -3.62. The number of anilines is 2. The molecule has 4 aromatic rings. The third kappa shape index (κ3) is 5.14. The van der Waals surface area contributed by atoms with Crippen LogP contribution in [0.1, 0.15) is 44.5 Å². The fourth-order valence-corrected chi connectivity index (χ4v) is 6.35. The van der Waals surface area contributed by atoms with Crippen LogP contribution in [0.4, 0.5) is 25.1 Å². The molecule has 1 aromatic carbocycles. The molecule has 3 aromatic heterocycles. The van der Waals surface area contributed by atoms with Crippen LogP contribution in [-0.4, -0.2) is 78.8 Å². The molecule has 0 saturated carbocycles. The average Bonchev–Trinajstić information content (AvgIpc) is 3.57. The van der Waals surface area contributed by atoms with E-state index in [2.05, 4.69) is 25.3 Å². The van der Waals surface area contributed by atoms with Crippen LogP contribution in [0, 0.1) is 5.82 Å². The second-order valence-electron chi connectivity index (χ2n) is 11.4. The van der Waals surface area contributed by atoms with Gasteiger partial charge >= 0.3 is 0 Å². The normalized spacial score (nSPS) is 23.1. The summed E-state index contributed by atoms with van der Waals surface area (Å²) in [4.78, 5) is 15.8. The standard InChI is InChI=1S/C28H30ClF3N8O3/c1-13(2)40-20-6-14(5-18(30)25(20)36-28(40)38-10-15-7-16(11-38)43-15)24-17(29)9-33-27(35-24)34-19-3-4-39-21(26(19)41)8-23(37-39)42-12-22(31)32/h5-6,8-9,13,15-16,19,22,26,41H,3-4,7,10-12H2,1-2H3,(H,33,34,35)/t15?,16?,19-,26+/m0/s1. The lowest BCUT2D eigenvalue weighted by Crippen LogP contribution is -2.58. The Bertz CT molecular complexity index is 1660. The van der Waals surface area contributed by atoms with Gasteiger partial charge in [0.1, 0.15) is 11.6 Å². The van der Waals surface area contributed by atoms with Crippen molar-refractivity contribution in [3.63, 3.8) is 0 Å². The molecule has 3 fully saturated rings. The highest BCUT2D eigenvalue weighted by atomic mass is 35.5. The lowest BCUT2D eigenvalue weighted by Gasteiger charge is -2.47. The maximum absolute atomic E-state index is 15.6. The molecular weight excluding hydrogens is 589 g/mol. The van der Waals surface area contributed by atoms with Gasteiger partial charge in [0.2, 0.25) is 17.8 Å². The maximum Gasteiger partial charge on any atom is 0.272 e. The molecule has 43 heavy (non-hydrogen) atoms. The van der Waals surface area contributed by atoms with Gasteiger partial charge in [-0.25, -0.2) is 28.1 Å². The first-order chi connectivity index (χ1) is 20.6. The summed E-state index contributed by atoms with van der Waals surface area (Å²) in [6.45, 7) is 5.13. The van der Waals surface area contributed by atoms with E-state index in [4.69, 9.17) is 26.1 Å². The quantitative estimate of drug-likeness (QED) is 0.292. The van der Waals surface area contributed by atoms with Gasteiger partial charge in [0.05, 0.1) is 46.4 Å². The van der Waals surface area contributed by atoms with Gasteiger partial charge in [0.25, 0.3) is 6.43 Å². The maximum atomic E-state index is 15.6. The van der Waals surface area contributed by atoms with Gasteiger partial charge in [-0.15, -0.1) is 5.10 Å². The number of aryl methyl sites for hydroxylation is 1. The summed E-state index contributed by atoms with van der Waals surface area (Å²) in [6.07, 6.45) is -0.402. The molecule has 2 bridgehead atoms. The zero-order valence-electron chi connectivity index (χ0n) is 23.4. The Kier molecular flexibility index (Phi) is 7.09. The first kappa shape index (κ1) is 28.2. The predicted molar refractivity (Wildman–Crippen MR) is 152 cm³/mol. The van der Waals surface area contributed by atoms with E-state index in [1.807, 2.05) is 24.5 Å². The van der Waals surface area contributed by atoms with Crippen LogP contribution < -0.4 is 15.0 Å². The number of nitrogens with one attached hydrogen (secondary N) is 1. The number of aromatic nitrogens is 6. The summed E-state index contributed by atoms with van der Waals surface area (Å²) in [5.74, 6) is 0.434. The SMILES string of the molecule is CC(C)n1c(N2CC3CC(C2)O3)nc2c(F)cc(-c3nc(N[C@H]4CCn5nc(OCC(F)F)cc5[C@@H]4O)ncc3Cl)cc21. The van der Waals surface area contributed by atoms with Crippen LogP contribution in [-0.2, 0) is 11.3 Å². The molecule has 11 nitrogen and oxygen atoms in total. The molecule has 8 rings (SSSR count). The van der Waals surface area contributed by atoms with E-state index in [1.165, 1.54) is 23.0 Å². The minimum Gasteiger partial charge on any atom is -0.471 e. The van der Waals surface area contributed by atoms with E-state index in [0.717, 1.165) is 6.42 Å². The van der Waals surface area contributed by atoms with Gasteiger partial charge in [-0.05, 0) is 32.4 Å². The lowest BCUT2D eigenvalue weighted by molar-refractivity contribution is -0.133. The minimum atomic E-state index is -2.63. The fraction of sp³-hybridized carbons (Fsp3) is 0.500. The summed E-state index contributed by atoms with van der Waals surface area (Å²) in [7, 11) is 0. The second kappa shape index (κ2) is 10.8. The van der Waals surface area contributed by atoms with Crippen molar-refractivity contribution >= 4 is 34.5 Å². The van der Waals surface area contributed by atoms with Crippen LogP contribution in [0.25, 0.3) is 22.3 Å². The summed E-state index contributed by atoms with van der Waals surface area (Å²) >= 11 is 6.53. The minimum absolute atomic E-state index is 0.00874. The molecule has 15 heteroatoms. The molecule has 228 valence electrons. The zero-order valence-corrected chi connectivity index (χ0v) is 24.2. The van der Waals surface area contributed by atoms with Gasteiger partial charge in [0.15, 0.2) is 12.4 Å². The molecule has 4 aliphatic heterocycles. The predicted octanol–water partition coefficient (Wildman–Crippen LogP) is 4.60. The Morgan fingerprint density at radius 1 is 1.19 bits per heavy atom. The van der Waals surface area contributed by atoms with Crippen molar-refractivity contribution in [3.05, 3.63) is 40.9 Å². The van der Waals surface area contributed by atoms with E-state index >= 15 is 4.39 Å². The Morgan fingerprint density at radius 3 is 2.67 bits per heavy atom. The number of alkyl halides is 2. The number of halogens is 4. The number of aliphatic hydroxyl groups excluding tert-OH is 1. The summed E-state index contributed by atoms with van der Waals surface area (Å²) in [5, 5.41) is 18.5. The van der Waals surface area contributed by atoms with Crippen molar-refractivity contribution in [2.24, 2.45) is 0 Å². The number of fused-ring (bicyclic) bond motifs is 4. The van der Waals surface area contributed by atoms with Gasteiger partial charge in [-0.3, -0.25) is 4.68 Å². The number of hydrogen-bond donors (Lipinski definition) is 2. The summed E-state index contributed by atoms with van der Waals surface area (Å²) in [6, 6.07) is 4.15. The fourth-order valence-electron chi connectivity index (χ4n) is 6.15. The zero-order chi connectivity index (χ0) is 30.0. The molecule has 0 spiro atoms. The van der Waals surface area contributed by atoms with E-state index in [0.29, 0.717) is 54.5 Å². The molecular formula is C28H30ClF3N8O3. The number of rotatable bonds is 8. The monoisotopic (exact) mass is 618 g/mol. The largest absolute Gasteiger partial charge is 0.471 e. The van der Waals surface area contributed by atoms with Crippen LogP contribution in [0.15, 0.2) is 24.4 Å². The Balaban J connectivity index is 1.17. The molecule has 7 heterocycles. The number of nitrogens with zero attached hydrogens (tertiary/aromatic N) is 7. The number of ether oxygens (including phenoxy) is 2. The van der Waals surface area contributed by atoms with Crippen molar-refractivity contribution in [2.45, 2.75) is 70.1 Å². The van der Waals surface area contributed by atoms with E-state index in [1.54, 1.807) is 0 Å². The van der Waals surface area contributed by atoms with E-state index < -0.39 is 31.0 Å². The molecule has 2 N–H and O–H groups in total.